The molecule has 0 spiro atoms. The van der Waals surface area contributed by atoms with Gasteiger partial charge in [-0.1, -0.05) is 0 Å². The summed E-state index contributed by atoms with van der Waals surface area (Å²) in [5.74, 6) is 0.786. The minimum absolute atomic E-state index is 0.315. The molecule has 0 saturated carbocycles. The Morgan fingerprint density at radius 3 is 2.71 bits per heavy atom. The predicted octanol–water partition coefficient (Wildman–Crippen LogP) is 0.712. The second kappa shape index (κ2) is 4.89. The van der Waals surface area contributed by atoms with Gasteiger partial charge in [0.05, 0.1) is 0 Å². The molecule has 1 atom stereocenters. The molecule has 3 nitrogen and oxygen atoms in total. The van der Waals surface area contributed by atoms with Gasteiger partial charge >= 0.3 is 0 Å². The van der Waals surface area contributed by atoms with Crippen LogP contribution in [0.15, 0.2) is 0 Å². The van der Waals surface area contributed by atoms with Crippen molar-refractivity contribution in [3.05, 3.63) is 0 Å². The Kier molecular flexibility index (Phi) is 3.54. The molecule has 0 aromatic rings. The Balaban J connectivity index is 1.75. The fraction of sp³-hybridized carbons (Fsp3) is 0.909. The van der Waals surface area contributed by atoms with E-state index in [9.17, 15) is 4.79 Å². The van der Waals surface area contributed by atoms with Crippen LogP contribution in [0.5, 0.6) is 0 Å². The summed E-state index contributed by atoms with van der Waals surface area (Å²) in [7, 11) is 0. The maximum atomic E-state index is 11.9. The molecule has 1 N–H and O–H groups in total. The number of nitrogens with one attached hydrogen (secondary N) is 1. The van der Waals surface area contributed by atoms with Gasteiger partial charge < -0.3 is 5.32 Å². The number of Topliss-reactive ketones (excluding diaryl/α,β-unsaturated/α-hetero) is 1. The second-order valence-electron chi connectivity index (χ2n) is 4.41. The molecule has 2 saturated heterocycles. The van der Waals surface area contributed by atoms with E-state index in [2.05, 4.69) is 10.6 Å². The van der Waals surface area contributed by atoms with Gasteiger partial charge in [-0.2, -0.15) is 0 Å². The minimum atomic E-state index is 0.315. The number of carbonyl (C=O) groups excluding carboxylic acids is 1. The van der Waals surface area contributed by atoms with Crippen molar-refractivity contribution in [1.29, 1.82) is 0 Å². The molecule has 2 aliphatic rings. The summed E-state index contributed by atoms with van der Waals surface area (Å²) in [5.41, 5.74) is 0. The summed E-state index contributed by atoms with van der Waals surface area (Å²) in [6.07, 6.45) is 5.16. The third-order valence-electron chi connectivity index (χ3n) is 3.34. The first-order valence-electron chi connectivity index (χ1n) is 5.75. The molecule has 2 aliphatic heterocycles. The average Bonchev–Trinajstić information content (AvgIpc) is 2.72. The van der Waals surface area contributed by atoms with E-state index in [4.69, 9.17) is 0 Å². The molecule has 0 unspecified atom stereocenters. The van der Waals surface area contributed by atoms with Crippen molar-refractivity contribution in [3.8, 4) is 0 Å². The van der Waals surface area contributed by atoms with Crippen LogP contribution in [-0.2, 0) is 4.79 Å². The summed E-state index contributed by atoms with van der Waals surface area (Å²) in [5, 5.41) is 7.66. The summed E-state index contributed by atoms with van der Waals surface area (Å²) in [6.45, 7) is 2.89. The lowest BCUT2D eigenvalue weighted by Gasteiger charge is -2.21. The minimum Gasteiger partial charge on any atom is -0.314 e. The molecule has 2 rings (SSSR count). The molecule has 0 aliphatic carbocycles. The zero-order valence-corrected chi connectivity index (χ0v) is 8.67. The van der Waals surface area contributed by atoms with Crippen LogP contribution in [0.2, 0.25) is 0 Å². The van der Waals surface area contributed by atoms with E-state index in [1.807, 2.05) is 0 Å². The lowest BCUT2D eigenvalue weighted by molar-refractivity contribution is -0.124. The van der Waals surface area contributed by atoms with Crippen molar-refractivity contribution in [1.82, 2.24) is 10.6 Å². The Morgan fingerprint density at radius 2 is 2.07 bits per heavy atom. The summed E-state index contributed by atoms with van der Waals surface area (Å²) in [6, 6.07) is 0.473. The first-order chi connectivity index (χ1) is 6.86. The van der Waals surface area contributed by atoms with Gasteiger partial charge in [-0.05, 0) is 32.2 Å². The SMILES string of the molecule is O=C(C[C@@H]1CCCN1)C1CC[N]CC1. The maximum absolute atomic E-state index is 11.9. The van der Waals surface area contributed by atoms with E-state index < -0.39 is 0 Å². The van der Waals surface area contributed by atoms with Gasteiger partial charge in [-0.25, -0.2) is 5.32 Å². The second-order valence-corrected chi connectivity index (χ2v) is 4.41. The zero-order chi connectivity index (χ0) is 9.80. The van der Waals surface area contributed by atoms with Gasteiger partial charge in [-0.15, -0.1) is 0 Å². The number of hydrogen-bond donors (Lipinski definition) is 1. The highest BCUT2D eigenvalue weighted by Crippen LogP contribution is 2.18. The molecule has 0 amide bonds. The van der Waals surface area contributed by atoms with Gasteiger partial charge in [0.1, 0.15) is 5.78 Å². The average molecular weight is 195 g/mol. The van der Waals surface area contributed by atoms with Gasteiger partial charge in [0, 0.05) is 31.5 Å². The van der Waals surface area contributed by atoms with E-state index in [1.54, 1.807) is 0 Å². The van der Waals surface area contributed by atoms with Crippen LogP contribution in [0.25, 0.3) is 0 Å². The lowest BCUT2D eigenvalue weighted by Crippen LogP contribution is -2.32. The molecule has 0 bridgehead atoms. The highest BCUT2D eigenvalue weighted by atomic mass is 16.1. The van der Waals surface area contributed by atoms with Crippen molar-refractivity contribution in [2.45, 2.75) is 38.1 Å². The van der Waals surface area contributed by atoms with Crippen molar-refractivity contribution in [3.63, 3.8) is 0 Å². The Hall–Kier alpha value is -0.410. The van der Waals surface area contributed by atoms with E-state index >= 15 is 0 Å². The van der Waals surface area contributed by atoms with E-state index in [0.717, 1.165) is 38.9 Å². The number of nitrogens with zero attached hydrogens (tertiary/aromatic N) is 1. The van der Waals surface area contributed by atoms with Gasteiger partial charge in [-0.3, -0.25) is 4.79 Å². The topological polar surface area (TPSA) is 43.2 Å². The molecular formula is C11H19N2O. The highest BCUT2D eigenvalue weighted by Gasteiger charge is 2.25. The molecule has 1 radical (unpaired) electrons. The van der Waals surface area contributed by atoms with Crippen molar-refractivity contribution >= 4 is 5.78 Å². The normalized spacial score (nSPS) is 29.3. The van der Waals surface area contributed by atoms with Crippen LogP contribution in [0.1, 0.15) is 32.1 Å². The number of hydrogen-bond acceptors (Lipinski definition) is 2. The molecule has 2 heterocycles. The monoisotopic (exact) mass is 195 g/mol. The largest absolute Gasteiger partial charge is 0.314 e. The number of carbonyl (C=O) groups is 1. The predicted molar refractivity (Wildman–Crippen MR) is 55.2 cm³/mol. The number of rotatable bonds is 3. The summed E-state index contributed by atoms with van der Waals surface area (Å²) >= 11 is 0. The zero-order valence-electron chi connectivity index (χ0n) is 8.67. The van der Waals surface area contributed by atoms with E-state index in [0.29, 0.717) is 17.7 Å². The maximum Gasteiger partial charge on any atom is 0.137 e. The van der Waals surface area contributed by atoms with Crippen LogP contribution in [0, 0.1) is 5.92 Å². The quantitative estimate of drug-likeness (QED) is 0.721. The molecule has 0 aromatic carbocycles. The molecule has 2 fully saturated rings. The molecule has 14 heavy (non-hydrogen) atoms. The Labute approximate surface area is 85.6 Å². The van der Waals surface area contributed by atoms with Crippen LogP contribution >= 0.6 is 0 Å². The number of ketones is 1. The molecule has 3 heteroatoms. The fourth-order valence-corrected chi connectivity index (χ4v) is 2.41. The van der Waals surface area contributed by atoms with Gasteiger partial charge in [0.15, 0.2) is 0 Å². The fourth-order valence-electron chi connectivity index (χ4n) is 2.41. The van der Waals surface area contributed by atoms with Crippen LogP contribution in [0.3, 0.4) is 0 Å². The summed E-state index contributed by atoms with van der Waals surface area (Å²) in [4.78, 5) is 11.9. The van der Waals surface area contributed by atoms with E-state index in [-0.39, 0.29) is 0 Å². The Morgan fingerprint density at radius 1 is 1.29 bits per heavy atom. The lowest BCUT2D eigenvalue weighted by atomic mass is 9.90. The van der Waals surface area contributed by atoms with Crippen LogP contribution < -0.4 is 10.6 Å². The van der Waals surface area contributed by atoms with Crippen molar-refractivity contribution < 1.29 is 4.79 Å². The molecule has 79 valence electrons. The standard InChI is InChI=1S/C11H19N2O/c14-11(8-10-2-1-5-13-10)9-3-6-12-7-4-9/h9-10,13H,1-8H2/t10-/m0/s1. The third kappa shape index (κ3) is 2.55. The molecule has 0 aromatic heterocycles. The van der Waals surface area contributed by atoms with Gasteiger partial charge in [0.25, 0.3) is 0 Å². The first kappa shape index (κ1) is 10.1. The number of piperidine rings is 1. The Bertz CT molecular complexity index is 193. The van der Waals surface area contributed by atoms with Crippen LogP contribution in [0.4, 0.5) is 0 Å². The summed E-state index contributed by atoms with van der Waals surface area (Å²) < 4.78 is 0. The van der Waals surface area contributed by atoms with Crippen molar-refractivity contribution in [2.24, 2.45) is 5.92 Å². The van der Waals surface area contributed by atoms with Crippen molar-refractivity contribution in [2.75, 3.05) is 19.6 Å². The third-order valence-corrected chi connectivity index (χ3v) is 3.34. The van der Waals surface area contributed by atoms with E-state index in [1.165, 1.54) is 12.8 Å². The highest BCUT2D eigenvalue weighted by molar-refractivity contribution is 5.81. The smallest absolute Gasteiger partial charge is 0.137 e. The first-order valence-corrected chi connectivity index (χ1v) is 5.75. The molecular weight excluding hydrogens is 176 g/mol. The van der Waals surface area contributed by atoms with Crippen LogP contribution in [-0.4, -0.2) is 31.5 Å². The van der Waals surface area contributed by atoms with Gasteiger partial charge in [0.2, 0.25) is 0 Å².